The zero-order valence-electron chi connectivity index (χ0n) is 24.1. The Morgan fingerprint density at radius 1 is 0.889 bits per heavy atom. The average molecular weight is 606 g/mol. The van der Waals surface area contributed by atoms with Crippen LogP contribution in [0.4, 0.5) is 0 Å². The Balaban J connectivity index is 1.24. The van der Waals surface area contributed by atoms with Crippen molar-refractivity contribution in [3.63, 3.8) is 0 Å². The van der Waals surface area contributed by atoms with Gasteiger partial charge < -0.3 is 14.3 Å². The molecule has 0 unspecified atom stereocenters. The summed E-state index contributed by atoms with van der Waals surface area (Å²) in [6.45, 7) is 2.54. The van der Waals surface area contributed by atoms with Gasteiger partial charge in [0.15, 0.2) is 0 Å². The number of nitrogens with one attached hydrogen (secondary N) is 1. The van der Waals surface area contributed by atoms with Gasteiger partial charge >= 0.3 is 5.97 Å². The summed E-state index contributed by atoms with van der Waals surface area (Å²) in [4.78, 5) is 32.8. The first kappa shape index (κ1) is 29.0. The molecule has 13 heteroatoms. The van der Waals surface area contributed by atoms with Gasteiger partial charge in [-0.3, -0.25) is 4.57 Å². The molecule has 2 heterocycles. The fraction of sp³-hybridized carbons (Fsp3) is 0.156. The summed E-state index contributed by atoms with van der Waals surface area (Å²) < 4.78 is 13.4. The maximum absolute atomic E-state index is 13.4. The lowest BCUT2D eigenvalue weighted by atomic mass is 9.98. The van der Waals surface area contributed by atoms with Gasteiger partial charge in [0.25, 0.3) is 11.1 Å². The van der Waals surface area contributed by atoms with E-state index in [-0.39, 0.29) is 13.2 Å². The van der Waals surface area contributed by atoms with Crippen molar-refractivity contribution in [2.45, 2.75) is 26.7 Å². The number of ether oxygens (including phenoxy) is 2. The SMILES string of the molecule is CCOc1nc2cccc(C(=O)OCc3ccc(CO[N+](=O)[O-])cc3)c2n1Cc1ccc(-c2ccccc2-c2nn[nH]n2)cc1. The smallest absolute Gasteiger partial charge is 0.340 e. The van der Waals surface area contributed by atoms with E-state index < -0.39 is 11.1 Å². The van der Waals surface area contributed by atoms with Gasteiger partial charge in [-0.25, -0.2) is 4.79 Å². The minimum absolute atomic E-state index is 0.0187. The number of rotatable bonds is 12. The van der Waals surface area contributed by atoms with Crippen LogP contribution >= 0.6 is 0 Å². The van der Waals surface area contributed by atoms with Gasteiger partial charge in [-0.1, -0.05) is 78.9 Å². The number of para-hydroxylation sites is 1. The highest BCUT2D eigenvalue weighted by molar-refractivity contribution is 6.02. The van der Waals surface area contributed by atoms with Crippen LogP contribution in [0.5, 0.6) is 6.01 Å². The molecule has 0 atom stereocenters. The lowest BCUT2D eigenvalue weighted by Gasteiger charge is -2.13. The number of fused-ring (bicyclic) bond motifs is 1. The van der Waals surface area contributed by atoms with Gasteiger partial charge in [0.05, 0.1) is 29.7 Å². The number of H-pyrrole nitrogens is 1. The maximum Gasteiger partial charge on any atom is 0.340 e. The maximum atomic E-state index is 13.4. The Labute approximate surface area is 256 Å². The molecule has 13 nitrogen and oxygen atoms in total. The van der Waals surface area contributed by atoms with Gasteiger partial charge in [0, 0.05) is 5.56 Å². The van der Waals surface area contributed by atoms with E-state index in [0.717, 1.165) is 27.8 Å². The minimum Gasteiger partial charge on any atom is -0.465 e. The number of imidazole rings is 1. The number of hydrogen-bond donors (Lipinski definition) is 1. The standard InChI is InChI=1S/C32H27N7O6/c1-2-43-32-33-28-9-5-8-27(31(40)44-19-22-10-12-23(13-11-22)20-45-39(41)42)29(28)38(32)18-21-14-16-24(17-15-21)25-6-3-4-7-26(25)30-34-36-37-35-30/h3-17H,2,18-20H2,1H3,(H,34,35,36,37). The van der Waals surface area contributed by atoms with Crippen LogP contribution in [-0.4, -0.2) is 47.8 Å². The van der Waals surface area contributed by atoms with Crippen LogP contribution in [0.25, 0.3) is 33.5 Å². The van der Waals surface area contributed by atoms with Crippen molar-refractivity contribution in [2.24, 2.45) is 0 Å². The summed E-state index contributed by atoms with van der Waals surface area (Å²) in [7, 11) is 0. The number of aromatic nitrogens is 6. The summed E-state index contributed by atoms with van der Waals surface area (Å²) in [6.07, 6.45) is 0. The zero-order chi connectivity index (χ0) is 31.2. The molecule has 0 fully saturated rings. The van der Waals surface area contributed by atoms with Crippen molar-refractivity contribution in [1.82, 2.24) is 30.2 Å². The van der Waals surface area contributed by atoms with Gasteiger partial charge in [-0.05, 0) is 52.1 Å². The predicted octanol–water partition coefficient (Wildman–Crippen LogP) is 5.40. The average Bonchev–Trinajstić information content (AvgIpc) is 3.72. The molecule has 0 saturated heterocycles. The Hall–Kier alpha value is -6.11. The Kier molecular flexibility index (Phi) is 8.40. The van der Waals surface area contributed by atoms with E-state index in [2.05, 4.69) is 30.4 Å². The van der Waals surface area contributed by atoms with Crippen molar-refractivity contribution in [2.75, 3.05) is 6.61 Å². The number of benzene rings is 4. The molecule has 0 aliphatic rings. The largest absolute Gasteiger partial charge is 0.465 e. The fourth-order valence-electron chi connectivity index (χ4n) is 4.98. The molecule has 0 spiro atoms. The molecule has 0 aliphatic carbocycles. The zero-order valence-corrected chi connectivity index (χ0v) is 24.1. The van der Waals surface area contributed by atoms with Gasteiger partial charge in [-0.2, -0.15) is 10.2 Å². The summed E-state index contributed by atoms with van der Waals surface area (Å²) in [5.41, 5.74) is 6.71. The van der Waals surface area contributed by atoms with Crippen molar-refractivity contribution < 1.29 is 24.2 Å². The molecule has 0 aliphatic heterocycles. The van der Waals surface area contributed by atoms with E-state index in [4.69, 9.17) is 9.47 Å². The number of carbonyl (C=O) groups excluding carboxylic acids is 1. The van der Waals surface area contributed by atoms with Crippen LogP contribution in [-0.2, 0) is 29.3 Å². The normalized spacial score (nSPS) is 11.0. The molecule has 0 saturated carbocycles. The van der Waals surface area contributed by atoms with E-state index in [1.54, 1.807) is 36.4 Å². The van der Waals surface area contributed by atoms with Gasteiger partial charge in [0.2, 0.25) is 5.82 Å². The van der Waals surface area contributed by atoms with E-state index in [0.29, 0.717) is 47.1 Å². The van der Waals surface area contributed by atoms with Crippen molar-refractivity contribution in [1.29, 1.82) is 0 Å². The second-order valence-corrected chi connectivity index (χ2v) is 9.95. The summed E-state index contributed by atoms with van der Waals surface area (Å²) in [5, 5.41) is 24.0. The van der Waals surface area contributed by atoms with E-state index in [9.17, 15) is 14.9 Å². The molecular weight excluding hydrogens is 578 g/mol. The minimum atomic E-state index is -0.841. The number of carbonyl (C=O) groups is 1. The monoisotopic (exact) mass is 605 g/mol. The highest BCUT2D eigenvalue weighted by Gasteiger charge is 2.21. The molecule has 6 rings (SSSR count). The number of tetrazole rings is 1. The van der Waals surface area contributed by atoms with Gasteiger partial charge in [0.1, 0.15) is 13.2 Å². The third kappa shape index (κ3) is 6.46. The van der Waals surface area contributed by atoms with Crippen LogP contribution in [0.2, 0.25) is 0 Å². The lowest BCUT2D eigenvalue weighted by Crippen LogP contribution is -2.10. The van der Waals surface area contributed by atoms with Crippen molar-refractivity contribution in [3.8, 4) is 28.5 Å². The first-order chi connectivity index (χ1) is 22.0. The second-order valence-electron chi connectivity index (χ2n) is 9.95. The number of aromatic amines is 1. The molecule has 226 valence electrons. The summed E-state index contributed by atoms with van der Waals surface area (Å²) >= 11 is 0. The number of esters is 1. The molecule has 1 N–H and O–H groups in total. The molecule has 0 bridgehead atoms. The highest BCUT2D eigenvalue weighted by Crippen LogP contribution is 2.31. The first-order valence-corrected chi connectivity index (χ1v) is 14.1. The predicted molar refractivity (Wildman–Crippen MR) is 162 cm³/mol. The molecule has 2 aromatic heterocycles. The van der Waals surface area contributed by atoms with Crippen LogP contribution in [0.15, 0.2) is 91.0 Å². The third-order valence-electron chi connectivity index (χ3n) is 7.07. The van der Waals surface area contributed by atoms with Crippen LogP contribution in [0.3, 0.4) is 0 Å². The summed E-state index contributed by atoms with van der Waals surface area (Å²) in [5.74, 6) is -0.00128. The Morgan fingerprint density at radius 2 is 1.60 bits per heavy atom. The summed E-state index contributed by atoms with van der Waals surface area (Å²) in [6, 6.07) is 28.5. The number of nitrogens with zero attached hydrogens (tertiary/aromatic N) is 6. The third-order valence-corrected chi connectivity index (χ3v) is 7.07. The van der Waals surface area contributed by atoms with Crippen molar-refractivity contribution in [3.05, 3.63) is 123 Å². The molecule has 4 aromatic carbocycles. The van der Waals surface area contributed by atoms with E-state index in [1.807, 2.05) is 66.1 Å². The Bertz CT molecular complexity index is 1940. The Morgan fingerprint density at radius 3 is 2.29 bits per heavy atom. The topological polar surface area (TPSA) is 160 Å². The second kappa shape index (κ2) is 13.0. The molecular formula is C32H27N7O6. The molecule has 45 heavy (non-hydrogen) atoms. The first-order valence-electron chi connectivity index (χ1n) is 14.1. The lowest BCUT2D eigenvalue weighted by molar-refractivity contribution is -0.763. The van der Waals surface area contributed by atoms with Crippen LogP contribution in [0.1, 0.15) is 34.0 Å². The van der Waals surface area contributed by atoms with E-state index >= 15 is 0 Å². The van der Waals surface area contributed by atoms with Gasteiger partial charge in [-0.15, -0.1) is 20.3 Å². The van der Waals surface area contributed by atoms with E-state index in [1.165, 1.54) is 0 Å². The van der Waals surface area contributed by atoms with Crippen LogP contribution in [0, 0.1) is 10.1 Å². The molecule has 0 amide bonds. The highest BCUT2D eigenvalue weighted by atomic mass is 16.9. The fourth-order valence-corrected chi connectivity index (χ4v) is 4.98. The molecule has 0 radical (unpaired) electrons. The van der Waals surface area contributed by atoms with Crippen molar-refractivity contribution >= 4 is 17.0 Å². The number of hydrogen-bond acceptors (Lipinski definition) is 10. The quantitative estimate of drug-likeness (QED) is 0.109. The van der Waals surface area contributed by atoms with Crippen LogP contribution < -0.4 is 4.74 Å². The molecule has 6 aromatic rings.